The molecule has 8 nitrogen and oxygen atoms in total. The van der Waals surface area contributed by atoms with E-state index in [1.165, 1.54) is 19.2 Å². The fourth-order valence-corrected chi connectivity index (χ4v) is 3.65. The monoisotopic (exact) mass is 418 g/mol. The molecule has 2 rings (SSSR count). The van der Waals surface area contributed by atoms with Gasteiger partial charge in [0.15, 0.2) is 5.82 Å². The fraction of sp³-hybridized carbons (Fsp3) is 0.529. The summed E-state index contributed by atoms with van der Waals surface area (Å²) in [6.45, 7) is 5.78. The number of halogens is 1. The summed E-state index contributed by atoms with van der Waals surface area (Å²) in [5.41, 5.74) is 0. The third kappa shape index (κ3) is 6.17. The lowest BCUT2D eigenvalue weighted by atomic mass is 10.1. The Bertz CT molecular complexity index is 809. The highest BCUT2D eigenvalue weighted by atomic mass is 35.5. The molecule has 0 radical (unpaired) electrons. The topological polar surface area (TPSA) is 106 Å². The lowest BCUT2D eigenvalue weighted by Crippen LogP contribution is -2.32. The smallest absolute Gasteiger partial charge is 0.245 e. The number of hydrogen-bond donors (Lipinski definition) is 2. The first kappa shape index (κ1) is 23.4. The summed E-state index contributed by atoms with van der Waals surface area (Å²) in [6.07, 6.45) is 0.593. The Morgan fingerprint density at radius 3 is 2.33 bits per heavy atom. The van der Waals surface area contributed by atoms with Crippen molar-refractivity contribution in [2.45, 2.75) is 44.2 Å². The highest BCUT2D eigenvalue weighted by molar-refractivity contribution is 7.89. The molecule has 1 aromatic carbocycles. The molecule has 0 bridgehead atoms. The summed E-state index contributed by atoms with van der Waals surface area (Å²) in [4.78, 5) is 4.51. The van der Waals surface area contributed by atoms with Crippen molar-refractivity contribution in [2.24, 2.45) is 5.92 Å². The summed E-state index contributed by atoms with van der Waals surface area (Å²) in [5.74, 6) is 1.31. The second-order valence-electron chi connectivity index (χ2n) is 6.46. The van der Waals surface area contributed by atoms with Crippen LogP contribution in [0.1, 0.15) is 38.5 Å². The Kier molecular flexibility index (Phi) is 8.67. The Morgan fingerprint density at radius 1 is 1.19 bits per heavy atom. The van der Waals surface area contributed by atoms with Gasteiger partial charge in [-0.05, 0) is 44.2 Å². The minimum Gasteiger partial charge on any atom is -0.497 e. The van der Waals surface area contributed by atoms with Gasteiger partial charge < -0.3 is 14.6 Å². The minimum atomic E-state index is -3.74. The second kappa shape index (κ2) is 10.0. The number of nitrogens with one attached hydrogen (secondary N) is 2. The molecule has 10 heteroatoms. The van der Waals surface area contributed by atoms with Crippen LogP contribution in [0.25, 0.3) is 0 Å². The maximum absolute atomic E-state index is 12.7. The van der Waals surface area contributed by atoms with Gasteiger partial charge in [0.1, 0.15) is 11.8 Å². The highest BCUT2D eigenvalue weighted by Gasteiger charge is 2.28. The van der Waals surface area contributed by atoms with E-state index in [0.29, 0.717) is 18.0 Å². The van der Waals surface area contributed by atoms with Gasteiger partial charge in [-0.3, -0.25) is 0 Å². The molecule has 0 saturated heterocycles. The van der Waals surface area contributed by atoms with Crippen molar-refractivity contribution in [3.8, 4) is 5.75 Å². The zero-order chi connectivity index (χ0) is 19.3. The third-order valence-electron chi connectivity index (χ3n) is 4.05. The van der Waals surface area contributed by atoms with E-state index in [4.69, 9.17) is 9.26 Å². The molecule has 0 saturated carbocycles. The minimum absolute atomic E-state index is 0. The molecule has 0 amide bonds. The first-order valence-corrected chi connectivity index (χ1v) is 9.91. The van der Waals surface area contributed by atoms with Crippen molar-refractivity contribution < 1.29 is 17.7 Å². The van der Waals surface area contributed by atoms with Crippen LogP contribution in [-0.2, 0) is 16.4 Å². The standard InChI is InChI=1S/C17H26N4O4S.ClH/c1-11(2)16(17-19-15(20-25-17)10-12(3)18-4)21-26(22,23)14-8-6-13(24-5)7-9-14;/h6-9,11-12,16,18,21H,10H2,1-5H3;1H. The number of methoxy groups -OCH3 is 1. The van der Waals surface area contributed by atoms with Crippen LogP contribution in [0.2, 0.25) is 0 Å². The number of ether oxygens (including phenoxy) is 1. The highest BCUT2D eigenvalue weighted by Crippen LogP contribution is 2.24. The van der Waals surface area contributed by atoms with E-state index in [2.05, 4.69) is 20.2 Å². The summed E-state index contributed by atoms with van der Waals surface area (Å²) < 4.78 is 38.4. The van der Waals surface area contributed by atoms with E-state index in [0.717, 1.165) is 0 Å². The van der Waals surface area contributed by atoms with Crippen LogP contribution in [0.15, 0.2) is 33.7 Å². The molecule has 1 aromatic heterocycles. The molecule has 0 fully saturated rings. The summed E-state index contributed by atoms with van der Waals surface area (Å²) in [7, 11) is -0.363. The zero-order valence-corrected chi connectivity index (χ0v) is 17.7. The van der Waals surface area contributed by atoms with Gasteiger partial charge in [-0.15, -0.1) is 12.4 Å². The van der Waals surface area contributed by atoms with Crippen LogP contribution in [-0.4, -0.2) is 38.8 Å². The Hall–Kier alpha value is -1.68. The molecule has 2 atom stereocenters. The number of likely N-dealkylation sites (N-methyl/N-ethyl adjacent to an activating group) is 1. The van der Waals surface area contributed by atoms with E-state index in [9.17, 15) is 8.42 Å². The van der Waals surface area contributed by atoms with Crippen LogP contribution in [0.5, 0.6) is 5.75 Å². The van der Waals surface area contributed by atoms with Gasteiger partial charge in [-0.2, -0.15) is 9.71 Å². The van der Waals surface area contributed by atoms with Gasteiger partial charge >= 0.3 is 0 Å². The second-order valence-corrected chi connectivity index (χ2v) is 8.18. The number of aromatic nitrogens is 2. The number of sulfonamides is 1. The van der Waals surface area contributed by atoms with Crippen LogP contribution < -0.4 is 14.8 Å². The molecular formula is C17H27ClN4O4S. The van der Waals surface area contributed by atoms with E-state index >= 15 is 0 Å². The molecule has 2 aromatic rings. The van der Waals surface area contributed by atoms with Gasteiger partial charge in [0.2, 0.25) is 15.9 Å². The Balaban J connectivity index is 0.00000364. The van der Waals surface area contributed by atoms with Crippen LogP contribution >= 0.6 is 12.4 Å². The molecule has 2 unspecified atom stereocenters. The van der Waals surface area contributed by atoms with Crippen molar-refractivity contribution in [3.63, 3.8) is 0 Å². The fourth-order valence-electron chi connectivity index (χ4n) is 2.31. The molecule has 0 spiro atoms. The van der Waals surface area contributed by atoms with Gasteiger partial charge in [-0.25, -0.2) is 8.42 Å². The molecule has 0 aliphatic heterocycles. The molecule has 2 N–H and O–H groups in total. The predicted molar refractivity (Wildman–Crippen MR) is 105 cm³/mol. The number of hydrogen-bond acceptors (Lipinski definition) is 7. The van der Waals surface area contributed by atoms with Crippen LogP contribution in [0.4, 0.5) is 0 Å². The van der Waals surface area contributed by atoms with Crippen LogP contribution in [0.3, 0.4) is 0 Å². The quantitative estimate of drug-likeness (QED) is 0.643. The Labute approximate surface area is 166 Å². The molecule has 0 aliphatic carbocycles. The average molecular weight is 419 g/mol. The summed E-state index contributed by atoms with van der Waals surface area (Å²) >= 11 is 0. The van der Waals surface area contributed by atoms with Crippen molar-refractivity contribution >= 4 is 22.4 Å². The summed E-state index contributed by atoms with van der Waals surface area (Å²) in [6, 6.07) is 5.76. The molecular weight excluding hydrogens is 392 g/mol. The van der Waals surface area contributed by atoms with Crippen molar-refractivity contribution in [1.29, 1.82) is 0 Å². The van der Waals surface area contributed by atoms with Crippen molar-refractivity contribution in [1.82, 2.24) is 20.2 Å². The number of nitrogens with zero attached hydrogens (tertiary/aromatic N) is 2. The van der Waals surface area contributed by atoms with Gasteiger partial charge in [0, 0.05) is 12.5 Å². The average Bonchev–Trinajstić information content (AvgIpc) is 3.07. The third-order valence-corrected chi connectivity index (χ3v) is 5.51. The number of rotatable bonds is 9. The normalized spacial score (nSPS) is 13.9. The zero-order valence-electron chi connectivity index (χ0n) is 16.1. The maximum Gasteiger partial charge on any atom is 0.245 e. The molecule has 0 aliphatic rings. The van der Waals surface area contributed by atoms with Crippen molar-refractivity contribution in [3.05, 3.63) is 36.0 Å². The van der Waals surface area contributed by atoms with E-state index in [1.54, 1.807) is 12.1 Å². The summed E-state index contributed by atoms with van der Waals surface area (Å²) in [5, 5.41) is 7.06. The number of benzene rings is 1. The van der Waals surface area contributed by atoms with E-state index < -0.39 is 16.1 Å². The lowest BCUT2D eigenvalue weighted by Gasteiger charge is -2.18. The maximum atomic E-state index is 12.7. The Morgan fingerprint density at radius 2 is 1.81 bits per heavy atom. The molecule has 1 heterocycles. The first-order valence-electron chi connectivity index (χ1n) is 8.43. The largest absolute Gasteiger partial charge is 0.497 e. The van der Waals surface area contributed by atoms with Crippen molar-refractivity contribution in [2.75, 3.05) is 14.2 Å². The predicted octanol–water partition coefficient (Wildman–Crippen LogP) is 2.33. The first-order chi connectivity index (χ1) is 12.3. The lowest BCUT2D eigenvalue weighted by molar-refractivity contribution is 0.308. The molecule has 27 heavy (non-hydrogen) atoms. The van der Waals surface area contributed by atoms with E-state index in [-0.39, 0.29) is 35.2 Å². The van der Waals surface area contributed by atoms with E-state index in [1.807, 2.05) is 27.8 Å². The van der Waals surface area contributed by atoms with Gasteiger partial charge in [0.25, 0.3) is 0 Å². The van der Waals surface area contributed by atoms with Crippen LogP contribution in [0, 0.1) is 5.92 Å². The van der Waals surface area contributed by atoms with Gasteiger partial charge in [0.05, 0.1) is 12.0 Å². The SMILES string of the molecule is CNC(C)Cc1noc(C(NS(=O)(=O)c2ccc(OC)cc2)C(C)C)n1.Cl. The van der Waals surface area contributed by atoms with Gasteiger partial charge in [-0.1, -0.05) is 19.0 Å². The molecule has 152 valence electrons.